The second-order valence-corrected chi connectivity index (χ2v) is 8.19. The molecule has 0 atom stereocenters. The van der Waals surface area contributed by atoms with Crippen LogP contribution in [0.25, 0.3) is 0 Å². The Labute approximate surface area is 148 Å². The van der Waals surface area contributed by atoms with E-state index >= 15 is 0 Å². The quantitative estimate of drug-likeness (QED) is 0.837. The van der Waals surface area contributed by atoms with Crippen LogP contribution in [0.3, 0.4) is 0 Å². The van der Waals surface area contributed by atoms with Gasteiger partial charge in [-0.3, -0.25) is 9.59 Å². The molecule has 0 saturated carbocycles. The van der Waals surface area contributed by atoms with Gasteiger partial charge in [-0.1, -0.05) is 20.8 Å². The maximum Gasteiger partial charge on any atom is 0.311 e. The third-order valence-corrected chi connectivity index (χ3v) is 5.05. The number of carbonyl (C=O) groups excluding carboxylic acids is 2. The second kappa shape index (κ2) is 7.14. The summed E-state index contributed by atoms with van der Waals surface area (Å²) in [5.41, 5.74) is -0.264. The van der Waals surface area contributed by atoms with Crippen LogP contribution in [0.15, 0.2) is 4.42 Å². The van der Waals surface area contributed by atoms with Crippen molar-refractivity contribution < 1.29 is 14.0 Å². The van der Waals surface area contributed by atoms with Crippen molar-refractivity contribution in [2.75, 3.05) is 26.2 Å². The number of rotatable bonds is 3. The van der Waals surface area contributed by atoms with Crippen molar-refractivity contribution >= 4 is 11.8 Å². The largest absolute Gasteiger partial charge is 0.416 e. The molecule has 2 fully saturated rings. The van der Waals surface area contributed by atoms with E-state index in [4.69, 9.17) is 4.42 Å². The van der Waals surface area contributed by atoms with E-state index in [0.29, 0.717) is 31.3 Å². The molecule has 2 saturated heterocycles. The molecule has 3 rings (SSSR count). The van der Waals surface area contributed by atoms with E-state index in [1.54, 1.807) is 4.90 Å². The van der Waals surface area contributed by atoms with Gasteiger partial charge in [-0.05, 0) is 31.6 Å². The maximum absolute atomic E-state index is 12.6. The van der Waals surface area contributed by atoms with Gasteiger partial charge in [0, 0.05) is 38.0 Å². The van der Waals surface area contributed by atoms with E-state index in [0.717, 1.165) is 38.8 Å². The Morgan fingerprint density at radius 1 is 1.16 bits per heavy atom. The van der Waals surface area contributed by atoms with Gasteiger partial charge in [0.15, 0.2) is 0 Å². The molecule has 0 N–H and O–H groups in total. The first-order valence-electron chi connectivity index (χ1n) is 9.25. The summed E-state index contributed by atoms with van der Waals surface area (Å²) in [7, 11) is 0. The fourth-order valence-electron chi connectivity index (χ4n) is 3.43. The van der Waals surface area contributed by atoms with Crippen molar-refractivity contribution in [3.8, 4) is 0 Å². The average Bonchev–Trinajstić information content (AvgIpc) is 3.07. The van der Waals surface area contributed by atoms with Crippen LogP contribution in [-0.2, 0) is 10.2 Å². The number of aromatic nitrogens is 2. The van der Waals surface area contributed by atoms with Gasteiger partial charge in [0.05, 0.1) is 0 Å². The molecule has 0 radical (unpaired) electrons. The SMILES string of the molecule is CC(C)(C)c1nnc(C(=O)N2CCC(CN3CCCCC3=O)CC2)o1. The van der Waals surface area contributed by atoms with E-state index in [9.17, 15) is 9.59 Å². The van der Waals surface area contributed by atoms with Crippen LogP contribution in [0.5, 0.6) is 0 Å². The Bertz CT molecular complexity index is 627. The molecular weight excluding hydrogens is 320 g/mol. The molecule has 0 spiro atoms. The van der Waals surface area contributed by atoms with Crippen LogP contribution in [-0.4, -0.2) is 58.0 Å². The monoisotopic (exact) mass is 348 g/mol. The van der Waals surface area contributed by atoms with Gasteiger partial charge in [0.1, 0.15) is 0 Å². The summed E-state index contributed by atoms with van der Waals surface area (Å²) in [4.78, 5) is 28.3. The van der Waals surface area contributed by atoms with Crippen LogP contribution in [0.2, 0.25) is 0 Å². The van der Waals surface area contributed by atoms with Crippen LogP contribution >= 0.6 is 0 Å². The van der Waals surface area contributed by atoms with Crippen LogP contribution in [0, 0.1) is 5.92 Å². The van der Waals surface area contributed by atoms with E-state index in [1.807, 2.05) is 25.7 Å². The smallest absolute Gasteiger partial charge is 0.311 e. The molecule has 0 bridgehead atoms. The van der Waals surface area contributed by atoms with Crippen LogP contribution < -0.4 is 0 Å². The van der Waals surface area contributed by atoms with Crippen molar-refractivity contribution in [2.24, 2.45) is 5.92 Å². The fourth-order valence-corrected chi connectivity index (χ4v) is 3.43. The Hall–Kier alpha value is -1.92. The standard InChI is InChI=1S/C18H28N4O3/c1-18(2,3)17-20-19-15(25-17)16(24)21-10-7-13(8-11-21)12-22-9-5-4-6-14(22)23/h13H,4-12H2,1-3H3. The number of carbonyl (C=O) groups is 2. The van der Waals surface area contributed by atoms with Crippen molar-refractivity contribution in [2.45, 2.75) is 58.3 Å². The number of hydrogen-bond donors (Lipinski definition) is 0. The minimum atomic E-state index is -0.264. The number of nitrogens with zero attached hydrogens (tertiary/aromatic N) is 4. The summed E-state index contributed by atoms with van der Waals surface area (Å²) < 4.78 is 5.56. The Morgan fingerprint density at radius 3 is 2.48 bits per heavy atom. The zero-order chi connectivity index (χ0) is 18.0. The highest BCUT2D eigenvalue weighted by atomic mass is 16.4. The number of hydrogen-bond acceptors (Lipinski definition) is 5. The third-order valence-electron chi connectivity index (χ3n) is 5.05. The molecule has 0 aromatic carbocycles. The molecule has 2 amide bonds. The van der Waals surface area contributed by atoms with E-state index in [2.05, 4.69) is 10.2 Å². The molecule has 0 unspecified atom stereocenters. The maximum atomic E-state index is 12.6. The van der Waals surface area contributed by atoms with E-state index in [1.165, 1.54) is 0 Å². The third kappa shape index (κ3) is 4.19. The van der Waals surface area contributed by atoms with Gasteiger partial charge in [-0.2, -0.15) is 0 Å². The van der Waals surface area contributed by atoms with Crippen molar-refractivity contribution in [1.82, 2.24) is 20.0 Å². The summed E-state index contributed by atoms with van der Waals surface area (Å²) in [5, 5.41) is 7.92. The molecule has 3 heterocycles. The lowest BCUT2D eigenvalue weighted by molar-refractivity contribution is -0.134. The summed E-state index contributed by atoms with van der Waals surface area (Å²) in [5.74, 6) is 1.13. The van der Waals surface area contributed by atoms with Crippen LogP contribution in [0.1, 0.15) is 69.5 Å². The molecule has 1 aromatic rings. The Kier molecular flexibility index (Phi) is 5.11. The normalized spacial score (nSPS) is 20.2. The molecule has 0 aliphatic carbocycles. The fraction of sp³-hybridized carbons (Fsp3) is 0.778. The molecule has 2 aliphatic rings. The first-order chi connectivity index (χ1) is 11.8. The zero-order valence-corrected chi connectivity index (χ0v) is 15.5. The molecule has 138 valence electrons. The summed E-state index contributed by atoms with van der Waals surface area (Å²) in [6, 6.07) is 0. The van der Waals surface area contributed by atoms with Gasteiger partial charge in [-0.25, -0.2) is 0 Å². The lowest BCUT2D eigenvalue weighted by Crippen LogP contribution is -2.44. The van der Waals surface area contributed by atoms with Gasteiger partial charge < -0.3 is 14.2 Å². The summed E-state index contributed by atoms with van der Waals surface area (Å²) in [6.45, 7) is 9.00. The van der Waals surface area contributed by atoms with E-state index < -0.39 is 0 Å². The molecule has 7 nitrogen and oxygen atoms in total. The number of amides is 2. The second-order valence-electron chi connectivity index (χ2n) is 8.19. The predicted octanol–water partition coefficient (Wildman–Crippen LogP) is 2.23. The van der Waals surface area contributed by atoms with E-state index in [-0.39, 0.29) is 23.1 Å². The zero-order valence-electron chi connectivity index (χ0n) is 15.5. The highest BCUT2D eigenvalue weighted by Crippen LogP contribution is 2.24. The molecule has 1 aromatic heterocycles. The Balaban J connectivity index is 1.52. The van der Waals surface area contributed by atoms with Gasteiger partial charge in [0.2, 0.25) is 11.8 Å². The summed E-state index contributed by atoms with van der Waals surface area (Å²) >= 11 is 0. The Morgan fingerprint density at radius 2 is 1.88 bits per heavy atom. The van der Waals surface area contributed by atoms with Gasteiger partial charge in [0.25, 0.3) is 0 Å². The minimum absolute atomic E-state index is 0.0783. The average molecular weight is 348 g/mol. The highest BCUT2D eigenvalue weighted by Gasteiger charge is 2.30. The van der Waals surface area contributed by atoms with Crippen molar-refractivity contribution in [1.29, 1.82) is 0 Å². The molecule has 2 aliphatic heterocycles. The lowest BCUT2D eigenvalue weighted by Gasteiger charge is -2.35. The predicted molar refractivity (Wildman–Crippen MR) is 92.1 cm³/mol. The lowest BCUT2D eigenvalue weighted by atomic mass is 9.95. The minimum Gasteiger partial charge on any atom is -0.416 e. The first kappa shape index (κ1) is 17.9. The number of likely N-dealkylation sites (tertiary alicyclic amines) is 2. The van der Waals surface area contributed by atoms with Crippen molar-refractivity contribution in [3.63, 3.8) is 0 Å². The molecule has 25 heavy (non-hydrogen) atoms. The molecular formula is C18H28N4O3. The van der Waals surface area contributed by atoms with Gasteiger partial charge >= 0.3 is 11.8 Å². The van der Waals surface area contributed by atoms with Crippen molar-refractivity contribution in [3.05, 3.63) is 11.8 Å². The molecule has 7 heteroatoms. The highest BCUT2D eigenvalue weighted by molar-refractivity contribution is 5.89. The first-order valence-corrected chi connectivity index (χ1v) is 9.25. The number of piperidine rings is 2. The summed E-state index contributed by atoms with van der Waals surface area (Å²) in [6.07, 6.45) is 4.63. The van der Waals surface area contributed by atoms with Gasteiger partial charge in [-0.15, -0.1) is 10.2 Å². The topological polar surface area (TPSA) is 79.5 Å². The van der Waals surface area contributed by atoms with Crippen LogP contribution in [0.4, 0.5) is 0 Å².